The number of amides is 1. The molecule has 0 aliphatic carbocycles. The van der Waals surface area contributed by atoms with Gasteiger partial charge in [-0.2, -0.15) is 0 Å². The molecule has 0 bridgehead atoms. The van der Waals surface area contributed by atoms with Crippen molar-refractivity contribution in [1.29, 1.82) is 0 Å². The number of carbonyl (C=O) groups is 2. The van der Waals surface area contributed by atoms with Gasteiger partial charge in [0.2, 0.25) is 5.91 Å². The Morgan fingerprint density at radius 1 is 1.24 bits per heavy atom. The zero-order valence-corrected chi connectivity index (χ0v) is 13.6. The lowest BCUT2D eigenvalue weighted by Gasteiger charge is -2.32. The molecular formula is C17H20F3NO4. The smallest absolute Gasteiger partial charge is 0.481 e. The number of carboxylic acids is 1. The molecule has 8 heteroatoms. The van der Waals surface area contributed by atoms with Gasteiger partial charge in [0.1, 0.15) is 5.75 Å². The third kappa shape index (κ3) is 6.64. The van der Waals surface area contributed by atoms with Crippen molar-refractivity contribution in [1.82, 2.24) is 4.90 Å². The largest absolute Gasteiger partial charge is 0.573 e. The van der Waals surface area contributed by atoms with E-state index in [1.165, 1.54) is 24.3 Å². The second-order valence-electron chi connectivity index (χ2n) is 6.15. The molecule has 5 nitrogen and oxygen atoms in total. The maximum atomic E-state index is 12.4. The zero-order chi connectivity index (χ0) is 18.4. The quantitative estimate of drug-likeness (QED) is 0.847. The van der Waals surface area contributed by atoms with E-state index in [4.69, 9.17) is 5.11 Å². The second kappa shape index (κ2) is 8.22. The van der Waals surface area contributed by atoms with Crippen LogP contribution in [0.2, 0.25) is 0 Å². The number of benzene rings is 1. The first kappa shape index (κ1) is 19.1. The first-order valence-electron chi connectivity index (χ1n) is 8.07. The van der Waals surface area contributed by atoms with Gasteiger partial charge in [-0.15, -0.1) is 13.2 Å². The highest BCUT2D eigenvalue weighted by molar-refractivity contribution is 5.79. The van der Waals surface area contributed by atoms with Crippen molar-refractivity contribution in [2.75, 3.05) is 13.1 Å². The van der Waals surface area contributed by atoms with Crippen molar-refractivity contribution in [3.8, 4) is 5.75 Å². The Bertz CT molecular complexity index is 601. The van der Waals surface area contributed by atoms with Crippen molar-refractivity contribution < 1.29 is 32.6 Å². The number of likely N-dealkylation sites (tertiary alicyclic amines) is 1. The molecule has 0 unspecified atom stereocenters. The van der Waals surface area contributed by atoms with E-state index in [1.807, 2.05) is 0 Å². The lowest BCUT2D eigenvalue weighted by atomic mass is 9.93. The van der Waals surface area contributed by atoms with Crippen molar-refractivity contribution in [2.45, 2.75) is 38.5 Å². The van der Waals surface area contributed by atoms with Crippen LogP contribution in [0, 0.1) is 5.92 Å². The summed E-state index contributed by atoms with van der Waals surface area (Å²) in [5, 5.41) is 8.75. The third-order valence-electron chi connectivity index (χ3n) is 4.15. The molecule has 1 saturated heterocycles. The summed E-state index contributed by atoms with van der Waals surface area (Å²) < 4.78 is 40.2. The lowest BCUT2D eigenvalue weighted by molar-refractivity contribution is -0.274. The summed E-state index contributed by atoms with van der Waals surface area (Å²) in [7, 11) is 0. The first-order chi connectivity index (χ1) is 11.7. The summed E-state index contributed by atoms with van der Waals surface area (Å²) in [4.78, 5) is 24.7. The van der Waals surface area contributed by atoms with Gasteiger partial charge in [-0.25, -0.2) is 0 Å². The van der Waals surface area contributed by atoms with Gasteiger partial charge in [0.15, 0.2) is 0 Å². The fourth-order valence-corrected chi connectivity index (χ4v) is 2.95. The molecule has 0 aromatic heterocycles. The van der Waals surface area contributed by atoms with Gasteiger partial charge in [0.05, 0.1) is 6.42 Å². The van der Waals surface area contributed by atoms with Gasteiger partial charge < -0.3 is 14.7 Å². The number of carbonyl (C=O) groups excluding carboxylic acids is 1. The van der Waals surface area contributed by atoms with E-state index in [0.717, 1.165) is 12.8 Å². The molecule has 1 aromatic carbocycles. The van der Waals surface area contributed by atoms with Crippen LogP contribution in [-0.4, -0.2) is 41.3 Å². The van der Waals surface area contributed by atoms with Gasteiger partial charge in [0, 0.05) is 19.5 Å². The third-order valence-corrected chi connectivity index (χ3v) is 4.15. The van der Waals surface area contributed by atoms with E-state index in [9.17, 15) is 22.8 Å². The molecule has 1 atom stereocenters. The van der Waals surface area contributed by atoms with E-state index >= 15 is 0 Å². The highest BCUT2D eigenvalue weighted by atomic mass is 19.4. The minimum atomic E-state index is -4.74. The molecule has 1 aliphatic rings. The topological polar surface area (TPSA) is 66.8 Å². The number of alkyl halides is 3. The highest BCUT2D eigenvalue weighted by Gasteiger charge is 2.31. The minimum Gasteiger partial charge on any atom is -0.481 e. The van der Waals surface area contributed by atoms with Crippen molar-refractivity contribution >= 4 is 11.9 Å². The molecule has 1 fully saturated rings. The summed E-state index contributed by atoms with van der Waals surface area (Å²) in [5.74, 6) is -1.10. The lowest BCUT2D eigenvalue weighted by Crippen LogP contribution is -2.40. The van der Waals surface area contributed by atoms with Crippen molar-refractivity contribution in [3.05, 3.63) is 29.8 Å². The SMILES string of the molecule is O=C(O)CC[C@H]1CCCN(C(=O)Cc2ccc(OC(F)(F)F)cc2)C1. The standard InChI is InChI=1S/C17H20F3NO4/c18-17(19,20)25-14-6-3-12(4-7-14)10-15(22)21-9-1-2-13(11-21)5-8-16(23)24/h3-4,6-7,13H,1-2,5,8-11H2,(H,23,24)/t13-/m1/s1. The maximum Gasteiger partial charge on any atom is 0.573 e. The summed E-state index contributed by atoms with van der Waals surface area (Å²) in [6, 6.07) is 5.24. The first-order valence-corrected chi connectivity index (χ1v) is 8.07. The number of rotatable bonds is 6. The predicted molar refractivity (Wildman–Crippen MR) is 83.0 cm³/mol. The van der Waals surface area contributed by atoms with Gasteiger partial charge in [-0.05, 0) is 42.9 Å². The van der Waals surface area contributed by atoms with E-state index < -0.39 is 12.3 Å². The zero-order valence-electron chi connectivity index (χ0n) is 13.6. The summed E-state index contributed by atoms with van der Waals surface area (Å²) in [6.07, 6.45) is -2.28. The van der Waals surface area contributed by atoms with Crippen molar-refractivity contribution in [3.63, 3.8) is 0 Å². The number of aliphatic carboxylic acids is 1. The van der Waals surface area contributed by atoms with Crippen LogP contribution in [0.15, 0.2) is 24.3 Å². The average molecular weight is 359 g/mol. The molecule has 1 amide bonds. The van der Waals surface area contributed by atoms with Crippen LogP contribution < -0.4 is 4.74 Å². The Kier molecular flexibility index (Phi) is 6.27. The summed E-state index contributed by atoms with van der Waals surface area (Å²) in [5.41, 5.74) is 0.604. The maximum absolute atomic E-state index is 12.4. The van der Waals surface area contributed by atoms with Crippen LogP contribution in [0.3, 0.4) is 0 Å². The van der Waals surface area contributed by atoms with E-state index in [1.54, 1.807) is 4.90 Å². The second-order valence-corrected chi connectivity index (χ2v) is 6.15. The fourth-order valence-electron chi connectivity index (χ4n) is 2.95. The summed E-state index contributed by atoms with van der Waals surface area (Å²) >= 11 is 0. The molecule has 1 aromatic rings. The van der Waals surface area contributed by atoms with Crippen LogP contribution >= 0.6 is 0 Å². The molecule has 0 radical (unpaired) electrons. The van der Waals surface area contributed by atoms with Crippen LogP contribution in [0.4, 0.5) is 13.2 Å². The fraction of sp³-hybridized carbons (Fsp3) is 0.529. The molecule has 1 heterocycles. The number of piperidine rings is 1. The van der Waals surface area contributed by atoms with Gasteiger partial charge >= 0.3 is 12.3 Å². The Labute approximate surface area is 143 Å². The number of hydrogen-bond acceptors (Lipinski definition) is 3. The van der Waals surface area contributed by atoms with Crippen LogP contribution in [0.5, 0.6) is 5.75 Å². The molecular weight excluding hydrogens is 339 g/mol. The van der Waals surface area contributed by atoms with Gasteiger partial charge in [-0.3, -0.25) is 9.59 Å². The van der Waals surface area contributed by atoms with Crippen LogP contribution in [-0.2, 0) is 16.0 Å². The average Bonchev–Trinajstić information content (AvgIpc) is 2.53. The normalized spacial score (nSPS) is 18.0. The Morgan fingerprint density at radius 2 is 1.92 bits per heavy atom. The van der Waals surface area contributed by atoms with E-state index in [0.29, 0.717) is 25.1 Å². The number of nitrogens with zero attached hydrogens (tertiary/aromatic N) is 1. The number of halogens is 3. The van der Waals surface area contributed by atoms with E-state index in [-0.39, 0.29) is 30.4 Å². The molecule has 138 valence electrons. The highest BCUT2D eigenvalue weighted by Crippen LogP contribution is 2.24. The van der Waals surface area contributed by atoms with Crippen LogP contribution in [0.1, 0.15) is 31.2 Å². The Balaban J connectivity index is 1.87. The van der Waals surface area contributed by atoms with Gasteiger partial charge in [0.25, 0.3) is 0 Å². The number of ether oxygens (including phenoxy) is 1. The summed E-state index contributed by atoms with van der Waals surface area (Å²) in [6.45, 7) is 1.15. The number of hydrogen-bond donors (Lipinski definition) is 1. The van der Waals surface area contributed by atoms with E-state index in [2.05, 4.69) is 4.74 Å². The Morgan fingerprint density at radius 3 is 2.52 bits per heavy atom. The minimum absolute atomic E-state index is 0.0906. The predicted octanol–water partition coefficient (Wildman–Crippen LogP) is 3.23. The monoisotopic (exact) mass is 359 g/mol. The Hall–Kier alpha value is -2.25. The molecule has 0 spiro atoms. The molecule has 1 N–H and O–H groups in total. The molecule has 25 heavy (non-hydrogen) atoms. The van der Waals surface area contributed by atoms with Gasteiger partial charge in [-0.1, -0.05) is 12.1 Å². The molecule has 2 rings (SSSR count). The van der Waals surface area contributed by atoms with Crippen LogP contribution in [0.25, 0.3) is 0 Å². The molecule has 0 saturated carbocycles. The van der Waals surface area contributed by atoms with Crippen molar-refractivity contribution in [2.24, 2.45) is 5.92 Å². The number of carboxylic acid groups (broad SMARTS) is 1. The molecule has 1 aliphatic heterocycles.